The SMILES string of the molecule is CC.CC.Cc1ccc(Nc2c(C(=O)N(C)C3CC3)c(N(C=O)c3cccc(NC(=O)C4CN(C(=O)OC(C)(C)C)C4)c3)c(C)c(=O)n2C)c(F)c1. The Morgan fingerprint density at radius 2 is 1.63 bits per heavy atom. The Balaban J connectivity index is 0.00000176. The van der Waals surface area contributed by atoms with Gasteiger partial charge in [-0.1, -0.05) is 39.8 Å². The van der Waals surface area contributed by atoms with E-state index in [0.29, 0.717) is 17.7 Å². The molecule has 0 bridgehead atoms. The van der Waals surface area contributed by atoms with Crippen molar-refractivity contribution in [1.82, 2.24) is 14.4 Å². The van der Waals surface area contributed by atoms with Crippen molar-refractivity contribution in [3.63, 3.8) is 0 Å². The number of nitrogens with zero attached hydrogens (tertiary/aromatic N) is 4. The van der Waals surface area contributed by atoms with Gasteiger partial charge in [0, 0.05) is 44.5 Å². The van der Waals surface area contributed by atoms with Crippen LogP contribution in [-0.4, -0.2) is 70.5 Å². The third-order valence-electron chi connectivity index (χ3n) is 8.44. The van der Waals surface area contributed by atoms with Gasteiger partial charge in [-0.2, -0.15) is 0 Å². The number of carbonyl (C=O) groups excluding carboxylic acids is 4. The van der Waals surface area contributed by atoms with Gasteiger partial charge >= 0.3 is 6.09 Å². The maximum Gasteiger partial charge on any atom is 0.410 e. The Morgan fingerprint density at radius 3 is 2.19 bits per heavy atom. The topological polar surface area (TPSA) is 133 Å². The van der Waals surface area contributed by atoms with E-state index in [2.05, 4.69) is 10.6 Å². The van der Waals surface area contributed by atoms with Crippen molar-refractivity contribution in [3.8, 4) is 0 Å². The third-order valence-corrected chi connectivity index (χ3v) is 8.44. The van der Waals surface area contributed by atoms with Gasteiger partial charge in [0.25, 0.3) is 11.5 Å². The van der Waals surface area contributed by atoms with Gasteiger partial charge in [-0.05, 0) is 83.4 Å². The lowest BCUT2D eigenvalue weighted by molar-refractivity contribution is -0.124. The summed E-state index contributed by atoms with van der Waals surface area (Å²) in [5.74, 6) is -1.77. The molecule has 13 heteroatoms. The predicted octanol–water partition coefficient (Wildman–Crippen LogP) is 7.27. The Labute approximate surface area is 305 Å². The molecule has 2 N–H and O–H groups in total. The number of anilines is 5. The average molecular weight is 721 g/mol. The minimum Gasteiger partial charge on any atom is -0.444 e. The summed E-state index contributed by atoms with van der Waals surface area (Å²) in [6, 6.07) is 11.0. The van der Waals surface area contributed by atoms with Crippen LogP contribution >= 0.6 is 0 Å². The summed E-state index contributed by atoms with van der Waals surface area (Å²) < 4.78 is 21.7. The van der Waals surface area contributed by atoms with Gasteiger partial charge in [0.2, 0.25) is 12.3 Å². The Kier molecular flexibility index (Phi) is 13.7. The lowest BCUT2D eigenvalue weighted by Crippen LogP contribution is -2.55. The number of halogens is 1. The van der Waals surface area contributed by atoms with Crippen molar-refractivity contribution >= 4 is 52.9 Å². The van der Waals surface area contributed by atoms with Crippen LogP contribution in [0.15, 0.2) is 47.3 Å². The number of aryl methyl sites for hydroxylation is 1. The minimum atomic E-state index is -0.651. The number of hydrogen-bond acceptors (Lipinski definition) is 7. The third kappa shape index (κ3) is 9.36. The quantitative estimate of drug-likeness (QED) is 0.222. The smallest absolute Gasteiger partial charge is 0.410 e. The van der Waals surface area contributed by atoms with Crippen molar-refractivity contribution in [2.24, 2.45) is 13.0 Å². The monoisotopic (exact) mass is 720 g/mol. The maximum absolute atomic E-state index is 15.1. The first-order valence-corrected chi connectivity index (χ1v) is 17.8. The highest BCUT2D eigenvalue weighted by Crippen LogP contribution is 2.38. The molecule has 2 heterocycles. The number of carbonyl (C=O) groups is 4. The molecule has 0 radical (unpaired) electrons. The summed E-state index contributed by atoms with van der Waals surface area (Å²) in [6.45, 7) is 17.0. The Morgan fingerprint density at radius 1 is 1.00 bits per heavy atom. The van der Waals surface area contributed by atoms with Gasteiger partial charge in [0.15, 0.2) is 0 Å². The van der Waals surface area contributed by atoms with E-state index in [-0.39, 0.29) is 59.0 Å². The average Bonchev–Trinajstić information content (AvgIpc) is 3.93. The summed E-state index contributed by atoms with van der Waals surface area (Å²) in [5.41, 5.74) is 0.416. The van der Waals surface area contributed by atoms with Crippen LogP contribution in [0.3, 0.4) is 0 Å². The van der Waals surface area contributed by atoms with Crippen LogP contribution in [0.2, 0.25) is 0 Å². The highest BCUT2D eigenvalue weighted by molar-refractivity contribution is 6.09. The van der Waals surface area contributed by atoms with Crippen LogP contribution in [0.5, 0.6) is 0 Å². The van der Waals surface area contributed by atoms with Crippen LogP contribution in [0.1, 0.15) is 82.8 Å². The van der Waals surface area contributed by atoms with E-state index >= 15 is 4.39 Å². The fraction of sp³-hybridized carbons (Fsp3) is 0.462. The molecule has 5 rings (SSSR count). The summed E-state index contributed by atoms with van der Waals surface area (Å²) in [5, 5.41) is 5.80. The normalized spacial score (nSPS) is 13.7. The van der Waals surface area contributed by atoms with E-state index in [0.717, 1.165) is 12.8 Å². The second kappa shape index (κ2) is 17.3. The standard InChI is InChI=1S/C35H41FN6O6.2C2H6/c1-20-11-14-27(26(36)15-20)38-30-28(33(46)39(6)24-12-13-24)29(21(2)32(45)40(30)7)42(19-43)25-10-8-9-23(16-25)37-31(44)22-17-41(18-22)34(47)48-35(3,4)5;2*1-2/h8-11,14-16,19,22,24,38H,12-13,17-18H2,1-7H3,(H,37,44);2*1-2H3. The number of rotatable bonds is 9. The van der Waals surface area contributed by atoms with E-state index in [1.807, 2.05) is 27.7 Å². The molecule has 4 amide bonds. The first-order chi connectivity index (χ1) is 24.6. The number of benzene rings is 2. The lowest BCUT2D eigenvalue weighted by Gasteiger charge is -2.38. The number of amides is 4. The van der Waals surface area contributed by atoms with Crippen molar-refractivity contribution in [2.45, 2.75) is 86.8 Å². The molecule has 1 saturated heterocycles. The molecule has 2 aliphatic rings. The molecule has 1 aromatic heterocycles. The van der Waals surface area contributed by atoms with E-state index in [9.17, 15) is 24.0 Å². The fourth-order valence-corrected chi connectivity index (χ4v) is 5.57. The zero-order valence-electron chi connectivity index (χ0n) is 32.2. The molecule has 1 aliphatic heterocycles. The van der Waals surface area contributed by atoms with Crippen LogP contribution in [0, 0.1) is 25.6 Å². The molecule has 12 nitrogen and oxygen atoms in total. The van der Waals surface area contributed by atoms with E-state index in [1.165, 1.54) is 40.5 Å². The number of nitrogens with one attached hydrogen (secondary N) is 2. The highest BCUT2D eigenvalue weighted by Gasteiger charge is 2.38. The summed E-state index contributed by atoms with van der Waals surface area (Å²) in [4.78, 5) is 70.2. The summed E-state index contributed by atoms with van der Waals surface area (Å²) >= 11 is 0. The second-order valence-electron chi connectivity index (χ2n) is 13.4. The van der Waals surface area contributed by atoms with E-state index in [4.69, 9.17) is 4.74 Å². The molecule has 52 heavy (non-hydrogen) atoms. The van der Waals surface area contributed by atoms with Crippen molar-refractivity contribution in [3.05, 3.63) is 75.3 Å². The zero-order valence-corrected chi connectivity index (χ0v) is 32.2. The molecular weight excluding hydrogens is 667 g/mol. The Hall–Kier alpha value is -5.20. The molecule has 3 aromatic rings. The number of ether oxygens (including phenoxy) is 1. The number of hydrogen-bond donors (Lipinski definition) is 2. The summed E-state index contributed by atoms with van der Waals surface area (Å²) in [7, 11) is 3.14. The molecule has 2 aromatic carbocycles. The fourth-order valence-electron chi connectivity index (χ4n) is 5.57. The summed E-state index contributed by atoms with van der Waals surface area (Å²) in [6.07, 6.45) is 1.63. The van der Waals surface area contributed by atoms with Crippen LogP contribution in [0.25, 0.3) is 0 Å². The molecular formula is C39H53FN6O6. The first-order valence-electron chi connectivity index (χ1n) is 17.8. The maximum atomic E-state index is 15.1. The van der Waals surface area contributed by atoms with Crippen LogP contribution in [0.4, 0.5) is 37.8 Å². The van der Waals surface area contributed by atoms with E-state index in [1.54, 1.807) is 70.0 Å². The first kappa shape index (κ1) is 41.2. The molecule has 1 aliphatic carbocycles. The minimum absolute atomic E-state index is 0.00665. The van der Waals surface area contributed by atoms with Crippen LogP contribution in [-0.2, 0) is 21.4 Å². The van der Waals surface area contributed by atoms with Gasteiger partial charge in [-0.15, -0.1) is 0 Å². The van der Waals surface area contributed by atoms with Crippen molar-refractivity contribution < 1.29 is 28.3 Å². The number of aromatic nitrogens is 1. The molecule has 0 spiro atoms. The zero-order chi connectivity index (χ0) is 39.1. The van der Waals surface area contributed by atoms with Gasteiger partial charge in [-0.3, -0.25) is 28.6 Å². The molecule has 2 fully saturated rings. The second-order valence-corrected chi connectivity index (χ2v) is 13.4. The van der Waals surface area contributed by atoms with Gasteiger partial charge in [-0.25, -0.2) is 9.18 Å². The molecule has 0 atom stereocenters. The van der Waals surface area contributed by atoms with Gasteiger partial charge < -0.3 is 25.2 Å². The largest absolute Gasteiger partial charge is 0.444 e. The number of likely N-dealkylation sites (tertiary alicyclic amines) is 1. The van der Waals surface area contributed by atoms with Gasteiger partial charge in [0.05, 0.1) is 23.0 Å². The van der Waals surface area contributed by atoms with Crippen molar-refractivity contribution in [1.29, 1.82) is 0 Å². The lowest BCUT2D eigenvalue weighted by atomic mass is 9.99. The Bertz CT molecular complexity index is 1840. The highest BCUT2D eigenvalue weighted by atomic mass is 19.1. The molecule has 282 valence electrons. The number of pyridine rings is 1. The van der Waals surface area contributed by atoms with E-state index < -0.39 is 34.9 Å². The predicted molar refractivity (Wildman–Crippen MR) is 203 cm³/mol. The van der Waals surface area contributed by atoms with Crippen molar-refractivity contribution in [2.75, 3.05) is 35.7 Å². The molecule has 1 saturated carbocycles. The van der Waals surface area contributed by atoms with Gasteiger partial charge in [0.1, 0.15) is 22.8 Å². The molecule has 0 unspecified atom stereocenters. The van der Waals surface area contributed by atoms with Crippen LogP contribution < -0.4 is 21.1 Å².